The Kier molecular flexibility index (Phi) is 5.73. The predicted octanol–water partition coefficient (Wildman–Crippen LogP) is -0.206. The highest BCUT2D eigenvalue weighted by atomic mass is 32.2. The lowest BCUT2D eigenvalue weighted by molar-refractivity contribution is 0.126. The van der Waals surface area contributed by atoms with Crippen molar-refractivity contribution < 1.29 is 21.7 Å². The van der Waals surface area contributed by atoms with E-state index in [-0.39, 0.29) is 5.75 Å². The van der Waals surface area contributed by atoms with Crippen LogP contribution in [-0.4, -0.2) is 43.4 Å². The topological polar surface area (TPSA) is 61.8 Å². The molecule has 0 fully saturated rings. The predicted molar refractivity (Wildman–Crippen MR) is 51.2 cm³/mol. The lowest BCUT2D eigenvalue weighted by Crippen LogP contribution is -2.33. The summed E-state index contributed by atoms with van der Waals surface area (Å²) in [4.78, 5) is 0. The van der Waals surface area contributed by atoms with Crippen molar-refractivity contribution >= 4 is 19.4 Å². The molecular weight excluding hydrogens is 212 g/mol. The summed E-state index contributed by atoms with van der Waals surface area (Å²) < 4.78 is 37.3. The number of hydrogen-bond donors (Lipinski definition) is 0. The quantitative estimate of drug-likeness (QED) is 0.589. The van der Waals surface area contributed by atoms with Gasteiger partial charge >= 0.3 is 9.53 Å². The lowest BCUT2D eigenvalue weighted by atomic mass is 10.9. The summed E-state index contributed by atoms with van der Waals surface area (Å²) in [6.07, 6.45) is 0. The van der Waals surface area contributed by atoms with E-state index < -0.39 is 24.8 Å². The van der Waals surface area contributed by atoms with Crippen LogP contribution in [0.2, 0.25) is 0 Å². The van der Waals surface area contributed by atoms with Crippen molar-refractivity contribution in [3.05, 3.63) is 0 Å². The van der Waals surface area contributed by atoms with Crippen molar-refractivity contribution in [1.82, 2.24) is 0 Å². The van der Waals surface area contributed by atoms with Crippen LogP contribution in [0.3, 0.4) is 0 Å². The SMILES string of the molecule is CCS(=O)(=O)C(C)O[SiH](OC)OC. The van der Waals surface area contributed by atoms with Crippen LogP contribution in [0.25, 0.3) is 0 Å². The highest BCUT2D eigenvalue weighted by molar-refractivity contribution is 7.91. The molecule has 0 aliphatic carbocycles. The Morgan fingerprint density at radius 2 is 1.77 bits per heavy atom. The third-order valence-electron chi connectivity index (χ3n) is 1.60. The Balaban J connectivity index is 4.21. The van der Waals surface area contributed by atoms with Gasteiger partial charge in [-0.25, -0.2) is 8.42 Å². The number of hydrogen-bond acceptors (Lipinski definition) is 5. The molecule has 0 spiro atoms. The van der Waals surface area contributed by atoms with E-state index in [1.807, 2.05) is 0 Å². The van der Waals surface area contributed by atoms with E-state index >= 15 is 0 Å². The molecule has 0 aliphatic rings. The Morgan fingerprint density at radius 3 is 2.08 bits per heavy atom. The number of rotatable bonds is 6. The normalized spacial score (nSPS) is 14.8. The van der Waals surface area contributed by atoms with E-state index in [9.17, 15) is 8.42 Å². The minimum absolute atomic E-state index is 0.0582. The highest BCUT2D eigenvalue weighted by Crippen LogP contribution is 2.05. The van der Waals surface area contributed by atoms with Gasteiger partial charge in [-0.05, 0) is 6.92 Å². The Labute approximate surface area is 80.9 Å². The van der Waals surface area contributed by atoms with Crippen LogP contribution in [0, 0.1) is 0 Å². The summed E-state index contributed by atoms with van der Waals surface area (Å²) in [6, 6.07) is 0. The average molecular weight is 228 g/mol. The van der Waals surface area contributed by atoms with Gasteiger partial charge in [-0.1, -0.05) is 6.92 Å². The first-order valence-electron chi connectivity index (χ1n) is 3.90. The molecule has 0 amide bonds. The second kappa shape index (κ2) is 5.71. The zero-order chi connectivity index (χ0) is 10.5. The maximum Gasteiger partial charge on any atom is 0.484 e. The Hall–Kier alpha value is 0.0469. The fourth-order valence-electron chi connectivity index (χ4n) is 0.683. The van der Waals surface area contributed by atoms with E-state index in [2.05, 4.69) is 0 Å². The van der Waals surface area contributed by atoms with Gasteiger partial charge in [0.25, 0.3) is 0 Å². The first-order valence-corrected chi connectivity index (χ1v) is 7.03. The number of sulfone groups is 1. The van der Waals surface area contributed by atoms with E-state index in [0.29, 0.717) is 0 Å². The molecule has 0 aromatic heterocycles. The molecule has 7 heteroatoms. The van der Waals surface area contributed by atoms with Crippen molar-refractivity contribution in [2.24, 2.45) is 0 Å². The van der Waals surface area contributed by atoms with E-state index in [1.165, 1.54) is 21.1 Å². The van der Waals surface area contributed by atoms with Crippen LogP contribution >= 0.6 is 0 Å². The summed E-state index contributed by atoms with van der Waals surface area (Å²) in [5.74, 6) is 0.0582. The molecule has 80 valence electrons. The second-order valence-corrected chi connectivity index (χ2v) is 6.77. The third kappa shape index (κ3) is 4.18. The van der Waals surface area contributed by atoms with Gasteiger partial charge in [-0.2, -0.15) is 0 Å². The molecule has 0 bridgehead atoms. The minimum Gasteiger partial charge on any atom is -0.379 e. The molecule has 1 unspecified atom stereocenters. The first kappa shape index (κ1) is 13.0. The van der Waals surface area contributed by atoms with Crippen molar-refractivity contribution in [2.75, 3.05) is 20.0 Å². The van der Waals surface area contributed by atoms with Gasteiger partial charge in [0.05, 0.1) is 0 Å². The maximum atomic E-state index is 11.3. The molecule has 0 radical (unpaired) electrons. The highest BCUT2D eigenvalue weighted by Gasteiger charge is 2.24. The van der Waals surface area contributed by atoms with Gasteiger partial charge in [0.15, 0.2) is 9.84 Å². The molecule has 0 saturated heterocycles. The maximum absolute atomic E-state index is 11.3. The summed E-state index contributed by atoms with van der Waals surface area (Å²) >= 11 is 0. The van der Waals surface area contributed by atoms with Gasteiger partial charge in [0, 0.05) is 20.0 Å². The van der Waals surface area contributed by atoms with E-state index in [1.54, 1.807) is 6.92 Å². The molecule has 13 heavy (non-hydrogen) atoms. The van der Waals surface area contributed by atoms with Gasteiger partial charge < -0.3 is 13.3 Å². The molecule has 5 nitrogen and oxygen atoms in total. The standard InChI is InChI=1S/C6H16O5SSi/c1-5-12(7,8)6(2)11-13(9-3)10-4/h6,13H,5H2,1-4H3. The molecule has 0 N–H and O–H groups in total. The molecular formula is C6H16O5SSi. The second-order valence-electron chi connectivity index (χ2n) is 2.42. The van der Waals surface area contributed by atoms with Gasteiger partial charge in [-0.15, -0.1) is 0 Å². The monoisotopic (exact) mass is 228 g/mol. The molecule has 0 rings (SSSR count). The van der Waals surface area contributed by atoms with Crippen LogP contribution < -0.4 is 0 Å². The van der Waals surface area contributed by atoms with Crippen LogP contribution in [0.4, 0.5) is 0 Å². The van der Waals surface area contributed by atoms with Gasteiger partial charge in [0.1, 0.15) is 5.44 Å². The van der Waals surface area contributed by atoms with Gasteiger partial charge in [-0.3, -0.25) is 0 Å². The molecule has 0 aromatic rings. The fraction of sp³-hybridized carbons (Fsp3) is 1.00. The summed E-state index contributed by atoms with van der Waals surface area (Å²) in [5.41, 5.74) is -0.853. The summed E-state index contributed by atoms with van der Waals surface area (Å²) in [7, 11) is -2.53. The van der Waals surface area contributed by atoms with Crippen LogP contribution in [0.15, 0.2) is 0 Å². The Morgan fingerprint density at radius 1 is 1.31 bits per heavy atom. The molecule has 0 heterocycles. The fourth-order valence-corrected chi connectivity index (χ4v) is 2.83. The third-order valence-corrected chi connectivity index (χ3v) is 5.12. The van der Waals surface area contributed by atoms with E-state index in [4.69, 9.17) is 13.3 Å². The molecule has 0 saturated carbocycles. The van der Waals surface area contributed by atoms with Crippen LogP contribution in [-0.2, 0) is 23.1 Å². The summed E-state index contributed by atoms with van der Waals surface area (Å²) in [6.45, 7) is 3.06. The Bertz CT molecular complexity index is 223. The van der Waals surface area contributed by atoms with E-state index in [0.717, 1.165) is 0 Å². The molecule has 1 atom stereocenters. The van der Waals surface area contributed by atoms with Crippen molar-refractivity contribution in [1.29, 1.82) is 0 Å². The van der Waals surface area contributed by atoms with Crippen molar-refractivity contribution in [2.45, 2.75) is 19.3 Å². The molecule has 0 aliphatic heterocycles. The van der Waals surface area contributed by atoms with Crippen molar-refractivity contribution in [3.63, 3.8) is 0 Å². The average Bonchev–Trinajstić information content (AvgIpc) is 2.13. The zero-order valence-electron chi connectivity index (χ0n) is 8.31. The van der Waals surface area contributed by atoms with Crippen molar-refractivity contribution in [3.8, 4) is 0 Å². The minimum atomic E-state index is -3.16. The largest absolute Gasteiger partial charge is 0.484 e. The summed E-state index contributed by atoms with van der Waals surface area (Å²) in [5, 5.41) is 0. The van der Waals surface area contributed by atoms with Crippen LogP contribution in [0.1, 0.15) is 13.8 Å². The lowest BCUT2D eigenvalue weighted by Gasteiger charge is -2.17. The first-order chi connectivity index (χ1) is 5.97. The smallest absolute Gasteiger partial charge is 0.379 e. The zero-order valence-corrected chi connectivity index (χ0v) is 10.3. The van der Waals surface area contributed by atoms with Crippen LogP contribution in [0.5, 0.6) is 0 Å². The van der Waals surface area contributed by atoms with Gasteiger partial charge in [0.2, 0.25) is 0 Å². The molecule has 0 aromatic carbocycles.